The fourth-order valence-electron chi connectivity index (χ4n) is 3.01. The Balaban J connectivity index is 1.78. The first-order chi connectivity index (χ1) is 14.6. The maximum Gasteiger partial charge on any atom is 0.319 e. The summed E-state index contributed by atoms with van der Waals surface area (Å²) in [7, 11) is -1.97. The highest BCUT2D eigenvalue weighted by Gasteiger charge is 2.20. The molecule has 0 saturated heterocycles. The lowest BCUT2D eigenvalue weighted by Crippen LogP contribution is -2.33. The molecule has 12 heteroatoms. The summed E-state index contributed by atoms with van der Waals surface area (Å²) in [6, 6.07) is 4.16. The van der Waals surface area contributed by atoms with Crippen LogP contribution < -0.4 is 14.9 Å². The van der Waals surface area contributed by atoms with Crippen molar-refractivity contribution < 1.29 is 13.2 Å². The minimum absolute atomic E-state index is 0.340. The molecular formula is C19H24N8O3S. The Kier molecular flexibility index (Phi) is 6.20. The number of anilines is 2. The molecule has 31 heavy (non-hydrogen) atoms. The molecule has 164 valence electrons. The Bertz CT molecular complexity index is 1190. The van der Waals surface area contributed by atoms with Crippen LogP contribution in [0.5, 0.6) is 0 Å². The van der Waals surface area contributed by atoms with E-state index < -0.39 is 22.1 Å². The molecule has 1 unspecified atom stereocenters. The Hall–Kier alpha value is -3.54. The number of carbonyl (C=O) groups is 1. The first-order valence-corrected chi connectivity index (χ1v) is 11.2. The van der Waals surface area contributed by atoms with Crippen LogP contribution in [0.2, 0.25) is 0 Å². The van der Waals surface area contributed by atoms with Crippen LogP contribution >= 0.6 is 0 Å². The first-order valence-electron chi connectivity index (χ1n) is 9.38. The van der Waals surface area contributed by atoms with Crippen LogP contribution in [0, 0.1) is 13.8 Å². The van der Waals surface area contributed by atoms with E-state index in [-0.39, 0.29) is 0 Å². The van der Waals surface area contributed by atoms with E-state index in [1.54, 1.807) is 31.5 Å². The van der Waals surface area contributed by atoms with E-state index in [1.165, 1.54) is 22.4 Å². The number of hydrogen-bond donors (Lipinski definition) is 2. The molecule has 0 saturated carbocycles. The molecule has 1 atom stereocenters. The molecular weight excluding hydrogens is 420 g/mol. The molecule has 1 aromatic carbocycles. The van der Waals surface area contributed by atoms with Gasteiger partial charge in [0.05, 0.1) is 18.0 Å². The fourth-order valence-corrected chi connectivity index (χ4v) is 3.57. The predicted octanol–water partition coefficient (Wildman–Crippen LogP) is 1.95. The van der Waals surface area contributed by atoms with Crippen molar-refractivity contribution in [1.82, 2.24) is 30.0 Å². The van der Waals surface area contributed by atoms with Crippen LogP contribution in [0.1, 0.15) is 29.9 Å². The second-order valence-electron chi connectivity index (χ2n) is 7.08. The van der Waals surface area contributed by atoms with Crippen molar-refractivity contribution in [2.45, 2.75) is 26.8 Å². The molecule has 2 N–H and O–H groups in total. The van der Waals surface area contributed by atoms with Crippen molar-refractivity contribution in [1.29, 1.82) is 0 Å². The number of rotatable bonds is 6. The zero-order chi connectivity index (χ0) is 22.8. The molecule has 3 rings (SSSR count). The summed E-state index contributed by atoms with van der Waals surface area (Å²) in [5.41, 5.74) is 2.55. The number of nitrogens with zero attached hydrogens (tertiary/aromatic N) is 6. The average Bonchev–Trinajstić information content (AvgIpc) is 3.19. The second kappa shape index (κ2) is 8.68. The van der Waals surface area contributed by atoms with E-state index in [2.05, 4.69) is 30.7 Å². The minimum atomic E-state index is -3.44. The summed E-state index contributed by atoms with van der Waals surface area (Å²) in [4.78, 5) is 25.1. The molecule has 2 heterocycles. The number of nitrogens with one attached hydrogen (secondary N) is 2. The number of aryl methyl sites for hydroxylation is 2. The number of hydrogen-bond acceptors (Lipinski definition) is 7. The van der Waals surface area contributed by atoms with Crippen molar-refractivity contribution >= 4 is 27.4 Å². The number of aromatic nitrogens is 5. The fraction of sp³-hybridized carbons (Fsp3) is 0.316. The molecule has 0 spiro atoms. The summed E-state index contributed by atoms with van der Waals surface area (Å²) < 4.78 is 26.5. The summed E-state index contributed by atoms with van der Waals surface area (Å²) in [6.45, 7) is 5.40. The Morgan fingerprint density at radius 3 is 2.45 bits per heavy atom. The van der Waals surface area contributed by atoms with Gasteiger partial charge in [0.15, 0.2) is 5.82 Å². The smallest absolute Gasteiger partial charge is 0.319 e. The number of amides is 2. The third-order valence-corrected chi connectivity index (χ3v) is 5.87. The van der Waals surface area contributed by atoms with Crippen LogP contribution in [-0.4, -0.2) is 52.5 Å². The van der Waals surface area contributed by atoms with E-state index in [1.807, 2.05) is 19.9 Å². The summed E-state index contributed by atoms with van der Waals surface area (Å²) in [5.74, 6) is 0.798. The molecule has 0 fully saturated rings. The van der Waals surface area contributed by atoms with E-state index in [0.29, 0.717) is 23.1 Å². The lowest BCUT2D eigenvalue weighted by Gasteiger charge is -2.22. The highest BCUT2D eigenvalue weighted by atomic mass is 32.2. The lowest BCUT2D eigenvalue weighted by molar-refractivity contribution is 0.248. The third kappa shape index (κ3) is 4.97. The van der Waals surface area contributed by atoms with Crippen LogP contribution in [0.15, 0.2) is 36.9 Å². The van der Waals surface area contributed by atoms with Gasteiger partial charge in [-0.25, -0.2) is 28.2 Å². The van der Waals surface area contributed by atoms with Crippen molar-refractivity contribution in [3.05, 3.63) is 53.9 Å². The maximum atomic E-state index is 12.6. The third-order valence-electron chi connectivity index (χ3n) is 4.68. The van der Waals surface area contributed by atoms with Gasteiger partial charge in [0, 0.05) is 25.1 Å². The zero-order valence-corrected chi connectivity index (χ0v) is 18.7. The predicted molar refractivity (Wildman–Crippen MR) is 117 cm³/mol. The van der Waals surface area contributed by atoms with Gasteiger partial charge in [-0.1, -0.05) is 6.07 Å². The standard InChI is InChI=1S/C19H24N8O3S/c1-12-9-13(2)16(26(4)31(5,29)30)10-15(12)25-19(28)24-14(3)17-22-11-23-27(17)18-20-7-6-8-21-18/h6-11,14H,1-5H3,(H2,24,25,28). The molecule has 2 amide bonds. The lowest BCUT2D eigenvalue weighted by atomic mass is 10.1. The van der Waals surface area contributed by atoms with E-state index in [9.17, 15) is 13.2 Å². The number of benzene rings is 1. The Morgan fingerprint density at radius 2 is 1.81 bits per heavy atom. The topological polar surface area (TPSA) is 135 Å². The molecule has 0 aliphatic heterocycles. The van der Waals surface area contributed by atoms with Gasteiger partial charge >= 0.3 is 6.03 Å². The van der Waals surface area contributed by atoms with E-state index in [0.717, 1.165) is 17.4 Å². The zero-order valence-electron chi connectivity index (χ0n) is 17.9. The van der Waals surface area contributed by atoms with Gasteiger partial charge in [-0.2, -0.15) is 9.78 Å². The Morgan fingerprint density at radius 1 is 1.13 bits per heavy atom. The van der Waals surface area contributed by atoms with Gasteiger partial charge in [0.25, 0.3) is 5.95 Å². The highest BCUT2D eigenvalue weighted by Crippen LogP contribution is 2.28. The monoisotopic (exact) mass is 444 g/mol. The van der Waals surface area contributed by atoms with Crippen LogP contribution in [0.4, 0.5) is 16.2 Å². The van der Waals surface area contributed by atoms with Crippen molar-refractivity contribution in [2.75, 3.05) is 22.9 Å². The SMILES string of the molecule is Cc1cc(C)c(N(C)S(C)(=O)=O)cc1NC(=O)NC(C)c1ncnn1-c1ncccn1. The van der Waals surface area contributed by atoms with Gasteiger partial charge in [0.2, 0.25) is 10.0 Å². The van der Waals surface area contributed by atoms with Crippen LogP contribution in [0.3, 0.4) is 0 Å². The van der Waals surface area contributed by atoms with Crippen molar-refractivity contribution in [3.63, 3.8) is 0 Å². The van der Waals surface area contributed by atoms with Crippen LogP contribution in [0.25, 0.3) is 5.95 Å². The minimum Gasteiger partial charge on any atom is -0.328 e. The van der Waals surface area contributed by atoms with E-state index in [4.69, 9.17) is 0 Å². The molecule has 0 aliphatic carbocycles. The van der Waals surface area contributed by atoms with Crippen LogP contribution in [-0.2, 0) is 10.0 Å². The Labute approximate surface area is 180 Å². The molecule has 3 aromatic rings. The second-order valence-corrected chi connectivity index (χ2v) is 9.10. The quantitative estimate of drug-likeness (QED) is 0.593. The molecule has 0 bridgehead atoms. The maximum absolute atomic E-state index is 12.6. The van der Waals surface area contributed by atoms with E-state index >= 15 is 0 Å². The summed E-state index contributed by atoms with van der Waals surface area (Å²) in [5, 5.41) is 9.70. The number of carbonyl (C=O) groups excluding carboxylic acids is 1. The van der Waals surface area contributed by atoms with Gasteiger partial charge < -0.3 is 10.6 Å². The normalized spacial score (nSPS) is 12.3. The number of sulfonamides is 1. The van der Waals surface area contributed by atoms with Gasteiger partial charge in [-0.15, -0.1) is 0 Å². The van der Waals surface area contributed by atoms with Crippen molar-refractivity contribution in [3.8, 4) is 5.95 Å². The molecule has 11 nitrogen and oxygen atoms in total. The number of urea groups is 1. The first kappa shape index (κ1) is 22.2. The average molecular weight is 445 g/mol. The summed E-state index contributed by atoms with van der Waals surface area (Å²) in [6.07, 6.45) is 5.66. The highest BCUT2D eigenvalue weighted by molar-refractivity contribution is 7.92. The molecule has 0 radical (unpaired) electrons. The largest absolute Gasteiger partial charge is 0.328 e. The van der Waals surface area contributed by atoms with Gasteiger partial charge in [0.1, 0.15) is 6.33 Å². The van der Waals surface area contributed by atoms with Gasteiger partial charge in [-0.05, 0) is 44.0 Å². The molecule has 2 aromatic heterocycles. The molecule has 0 aliphatic rings. The van der Waals surface area contributed by atoms with Gasteiger partial charge in [-0.3, -0.25) is 4.31 Å². The van der Waals surface area contributed by atoms with Crippen molar-refractivity contribution in [2.24, 2.45) is 0 Å². The summed E-state index contributed by atoms with van der Waals surface area (Å²) >= 11 is 0.